The average molecular weight is 1390 g/mol. The largest absolute Gasteiger partial charge is 0.490 e. The van der Waals surface area contributed by atoms with Gasteiger partial charge in [0.25, 0.3) is 35.4 Å². The van der Waals surface area contributed by atoms with Crippen LogP contribution in [0.15, 0.2) is 48.5 Å². The van der Waals surface area contributed by atoms with E-state index in [2.05, 4.69) is 52.2 Å². The fourth-order valence-electron chi connectivity index (χ4n) is 13.3. The van der Waals surface area contributed by atoms with Gasteiger partial charge in [0, 0.05) is 70.3 Å². The topological polar surface area (TPSA) is 188 Å². The SMILES string of the molecule is CCCCCCCCOc1cc(C(=O)NCCCCN2C(=O)c3ccc4c5c(ccc(c35)C2=O)C(=O)N(CCCCNC(=O)c2cc(OCCCCCCCC)c(OCCCCCCCC)c(OCCCCCCCC)c2)C4=O)cc(OCCCCCCCC)c1OCCCCCCCC. The van der Waals surface area contributed by atoms with Crippen LogP contribution in [0.5, 0.6) is 34.5 Å². The van der Waals surface area contributed by atoms with Crippen LogP contribution in [0.4, 0.5) is 0 Å². The van der Waals surface area contributed by atoms with E-state index in [1.807, 2.05) is 0 Å². The first-order valence-corrected chi connectivity index (χ1v) is 40.0. The number of imide groups is 2. The van der Waals surface area contributed by atoms with E-state index in [1.165, 1.54) is 138 Å². The Bertz CT molecular complexity index is 2740. The first-order valence-electron chi connectivity index (χ1n) is 40.0. The Balaban J connectivity index is 1.06. The quantitative estimate of drug-likeness (QED) is 0.0315. The van der Waals surface area contributed by atoms with Crippen molar-refractivity contribution in [2.24, 2.45) is 0 Å². The van der Waals surface area contributed by atoms with E-state index in [9.17, 15) is 28.8 Å². The van der Waals surface area contributed by atoms with Gasteiger partial charge >= 0.3 is 0 Å². The van der Waals surface area contributed by atoms with Crippen LogP contribution >= 0.6 is 0 Å². The predicted molar refractivity (Wildman–Crippen MR) is 404 cm³/mol. The van der Waals surface area contributed by atoms with Gasteiger partial charge in [-0.3, -0.25) is 38.6 Å². The number of amides is 6. The predicted octanol–water partition coefficient (Wildman–Crippen LogP) is 20.9. The van der Waals surface area contributed by atoms with Gasteiger partial charge in [-0.2, -0.15) is 0 Å². The second-order valence-corrected chi connectivity index (χ2v) is 27.8. The van der Waals surface area contributed by atoms with Crippen LogP contribution < -0.4 is 39.1 Å². The Morgan fingerprint density at radius 3 is 0.750 bits per heavy atom. The molecular formula is C84H128N4O12. The van der Waals surface area contributed by atoms with Gasteiger partial charge in [-0.1, -0.05) is 234 Å². The normalized spacial score (nSPS) is 12.6. The highest BCUT2D eigenvalue weighted by atomic mass is 16.5. The Morgan fingerprint density at radius 1 is 0.290 bits per heavy atom. The van der Waals surface area contributed by atoms with Crippen LogP contribution in [0, 0.1) is 0 Å². The molecule has 6 amide bonds. The Hall–Kier alpha value is -6.84. The highest BCUT2D eigenvalue weighted by molar-refractivity contribution is 6.33. The first-order chi connectivity index (χ1) is 49.0. The molecular weight excluding hydrogens is 1260 g/mol. The minimum Gasteiger partial charge on any atom is -0.490 e. The molecule has 16 nitrogen and oxygen atoms in total. The lowest BCUT2D eigenvalue weighted by molar-refractivity contribution is 0.0586. The lowest BCUT2D eigenvalue weighted by atomic mass is 9.86. The van der Waals surface area contributed by atoms with Gasteiger partial charge in [-0.25, -0.2) is 0 Å². The van der Waals surface area contributed by atoms with Crippen molar-refractivity contribution in [3.63, 3.8) is 0 Å². The average Bonchev–Trinajstić information content (AvgIpc) is 0.715. The molecule has 0 fully saturated rings. The second kappa shape index (κ2) is 48.9. The smallest absolute Gasteiger partial charge is 0.261 e. The first kappa shape index (κ1) is 82.1. The maximum absolute atomic E-state index is 14.3. The molecule has 0 atom stereocenters. The fraction of sp³-hybridized carbons (Fsp3) is 0.667. The lowest BCUT2D eigenvalue weighted by Gasteiger charge is -2.32. The Labute approximate surface area is 601 Å². The summed E-state index contributed by atoms with van der Waals surface area (Å²) in [4.78, 5) is 87.7. The van der Waals surface area contributed by atoms with Crippen LogP contribution in [0.3, 0.4) is 0 Å². The molecule has 0 saturated carbocycles. The Morgan fingerprint density at radius 2 is 0.510 bits per heavy atom. The summed E-state index contributed by atoms with van der Waals surface area (Å²) >= 11 is 0. The molecule has 2 heterocycles. The summed E-state index contributed by atoms with van der Waals surface area (Å²) in [6.07, 6.45) is 42.3. The van der Waals surface area contributed by atoms with Gasteiger partial charge in [0.05, 0.1) is 39.6 Å². The molecule has 16 heteroatoms. The summed E-state index contributed by atoms with van der Waals surface area (Å²) in [5.74, 6) is 0.534. The number of carbonyl (C=O) groups is 6. The summed E-state index contributed by atoms with van der Waals surface area (Å²) in [6.45, 7) is 17.1. The number of carbonyl (C=O) groups excluding carboxylic acids is 6. The van der Waals surface area contributed by atoms with Crippen LogP contribution in [0.1, 0.15) is 361 Å². The zero-order valence-corrected chi connectivity index (χ0v) is 62.8. The van der Waals surface area contributed by atoms with Crippen LogP contribution in [0.2, 0.25) is 0 Å². The van der Waals surface area contributed by atoms with Gasteiger partial charge in [-0.05, 0) is 113 Å². The molecule has 0 radical (unpaired) electrons. The maximum atomic E-state index is 14.3. The number of unbranched alkanes of at least 4 members (excludes halogenated alkanes) is 32. The molecule has 0 aromatic heterocycles. The number of benzene rings is 4. The monoisotopic (exact) mass is 1380 g/mol. The van der Waals surface area contributed by atoms with E-state index in [-0.39, 0.29) is 60.2 Å². The van der Waals surface area contributed by atoms with Gasteiger partial charge in [0.2, 0.25) is 11.5 Å². The van der Waals surface area contributed by atoms with Crippen LogP contribution in [-0.4, -0.2) is 111 Å². The molecule has 0 aliphatic carbocycles. The number of hydrogen-bond acceptors (Lipinski definition) is 12. The molecule has 4 aromatic rings. The van der Waals surface area contributed by atoms with Crippen molar-refractivity contribution in [3.8, 4) is 34.5 Å². The van der Waals surface area contributed by atoms with E-state index in [4.69, 9.17) is 28.4 Å². The van der Waals surface area contributed by atoms with E-state index < -0.39 is 23.6 Å². The zero-order valence-electron chi connectivity index (χ0n) is 62.8. The van der Waals surface area contributed by atoms with Gasteiger partial charge in [0.15, 0.2) is 23.0 Å². The van der Waals surface area contributed by atoms with Crippen molar-refractivity contribution in [1.82, 2.24) is 20.4 Å². The second-order valence-electron chi connectivity index (χ2n) is 27.8. The third kappa shape index (κ3) is 27.2. The molecule has 6 rings (SSSR count). The van der Waals surface area contributed by atoms with Crippen molar-refractivity contribution in [3.05, 3.63) is 81.9 Å². The van der Waals surface area contributed by atoms with Gasteiger partial charge in [0.1, 0.15) is 0 Å². The number of rotatable bonds is 60. The molecule has 2 N–H and O–H groups in total. The van der Waals surface area contributed by atoms with Gasteiger partial charge < -0.3 is 39.1 Å². The number of hydrogen-bond donors (Lipinski definition) is 2. The molecule has 2 aliphatic rings. The lowest BCUT2D eigenvalue weighted by Crippen LogP contribution is -2.44. The van der Waals surface area contributed by atoms with Crippen molar-refractivity contribution >= 4 is 46.2 Å². The van der Waals surface area contributed by atoms with Crippen LogP contribution in [0.25, 0.3) is 10.8 Å². The summed E-state index contributed by atoms with van der Waals surface area (Å²) in [7, 11) is 0. The third-order valence-electron chi connectivity index (χ3n) is 19.3. The standard InChI is InChI=1S/C84H128N4O12/c1-7-13-19-25-31-41-55-95-71-61-65(62-72(96-56-42-32-26-20-14-8-2)77(71)99-59-45-35-29-23-17-11-5)79(89)85-51-37-39-53-87-81(91)67-47-49-69-76-70(50-48-68(75(67)76)82(87)92)84(94)88(83(69)93)54-40-38-52-86-80(90)66-63-73(97-57-43-33-27-21-15-9-3)78(100-60-46-36-30-24-18-12-6)74(64-66)98-58-44-34-28-22-16-10-4/h47-50,61-64H,7-46,51-60H2,1-6H3,(H,85,89)(H,86,90). The van der Waals surface area contributed by atoms with Crippen LogP contribution in [-0.2, 0) is 0 Å². The van der Waals surface area contributed by atoms with E-state index >= 15 is 0 Å². The third-order valence-corrected chi connectivity index (χ3v) is 19.3. The highest BCUT2D eigenvalue weighted by Crippen LogP contribution is 2.42. The van der Waals surface area contributed by atoms with Gasteiger partial charge in [-0.15, -0.1) is 0 Å². The molecule has 0 unspecified atom stereocenters. The molecule has 556 valence electrons. The highest BCUT2D eigenvalue weighted by Gasteiger charge is 2.39. The summed E-state index contributed by atoms with van der Waals surface area (Å²) in [6, 6.07) is 13.4. The van der Waals surface area contributed by atoms with E-state index in [0.29, 0.717) is 122 Å². The molecule has 0 saturated heterocycles. The number of nitrogens with zero attached hydrogens (tertiary/aromatic N) is 2. The number of nitrogens with one attached hydrogen (secondary N) is 2. The maximum Gasteiger partial charge on any atom is 0.261 e. The van der Waals surface area contributed by atoms with E-state index in [1.54, 1.807) is 48.5 Å². The van der Waals surface area contributed by atoms with Crippen molar-refractivity contribution < 1.29 is 57.2 Å². The summed E-state index contributed by atoms with van der Waals surface area (Å²) < 4.78 is 38.8. The number of ether oxygens (including phenoxy) is 6. The van der Waals surface area contributed by atoms with Crippen molar-refractivity contribution in [1.29, 1.82) is 0 Å². The van der Waals surface area contributed by atoms with Crippen molar-refractivity contribution in [2.45, 2.75) is 298 Å². The molecule has 100 heavy (non-hydrogen) atoms. The molecule has 4 aromatic carbocycles. The fourth-order valence-corrected chi connectivity index (χ4v) is 13.3. The molecule has 0 spiro atoms. The molecule has 0 bridgehead atoms. The van der Waals surface area contributed by atoms with E-state index in [0.717, 1.165) is 103 Å². The summed E-state index contributed by atoms with van der Waals surface area (Å²) in [5, 5.41) is 6.75. The summed E-state index contributed by atoms with van der Waals surface area (Å²) in [5.41, 5.74) is 1.81. The minimum absolute atomic E-state index is 0.103. The Kier molecular flexibility index (Phi) is 40.1. The van der Waals surface area contributed by atoms with Crippen molar-refractivity contribution in [2.75, 3.05) is 65.8 Å². The minimum atomic E-state index is -0.503. The molecule has 2 aliphatic heterocycles. The zero-order chi connectivity index (χ0) is 71.4.